The molecule has 0 aliphatic heterocycles. The molecule has 0 saturated carbocycles. The second-order valence-electron chi connectivity index (χ2n) is 4.45. The van der Waals surface area contributed by atoms with Crippen LogP contribution in [0.4, 0.5) is 5.69 Å². The summed E-state index contributed by atoms with van der Waals surface area (Å²) in [7, 11) is -3.65. The number of benzene rings is 2. The lowest BCUT2D eigenvalue weighted by atomic mass is 10.2. The number of nitrogens with two attached hydrogens (primary N) is 1. The first-order valence-corrected chi connectivity index (χ1v) is 8.67. The van der Waals surface area contributed by atoms with E-state index in [0.717, 1.165) is 10.0 Å². The molecule has 0 aliphatic carbocycles. The molecule has 21 heavy (non-hydrogen) atoms. The van der Waals surface area contributed by atoms with Gasteiger partial charge in [-0.3, -0.25) is 4.72 Å². The van der Waals surface area contributed by atoms with Crippen LogP contribution in [0.5, 0.6) is 0 Å². The average Bonchev–Trinajstić information content (AvgIpc) is 2.43. The van der Waals surface area contributed by atoms with Crippen LogP contribution in [0.3, 0.4) is 0 Å². The van der Waals surface area contributed by atoms with Crippen molar-refractivity contribution in [2.45, 2.75) is 11.8 Å². The molecule has 0 saturated heterocycles. The summed E-state index contributed by atoms with van der Waals surface area (Å²) < 4.78 is 28.1. The van der Waals surface area contributed by atoms with Gasteiger partial charge in [0.25, 0.3) is 10.0 Å². The smallest absolute Gasteiger partial charge is 0.261 e. The van der Waals surface area contributed by atoms with Gasteiger partial charge in [-0.05, 0) is 36.8 Å². The summed E-state index contributed by atoms with van der Waals surface area (Å²) in [5, 5.41) is 0. The summed E-state index contributed by atoms with van der Waals surface area (Å²) >= 11 is 8.17. The molecule has 0 atom stereocenters. The number of hydrogen-bond acceptors (Lipinski definition) is 3. The molecule has 0 radical (unpaired) electrons. The third kappa shape index (κ3) is 3.81. The number of rotatable bonds is 4. The number of sulfonamides is 1. The Morgan fingerprint density at radius 1 is 1.19 bits per heavy atom. The number of thiocarbonyl (C=S) groups is 1. The predicted molar refractivity (Wildman–Crippen MR) is 92.0 cm³/mol. The van der Waals surface area contributed by atoms with Crippen LogP contribution in [0.2, 0.25) is 0 Å². The zero-order chi connectivity index (χ0) is 15.6. The fourth-order valence-electron chi connectivity index (χ4n) is 1.71. The SMILES string of the molecule is Cc1ccc(Br)cc1NS(=O)(=O)c1ccc(C(N)=S)cc1. The highest BCUT2D eigenvalue weighted by molar-refractivity contribution is 9.10. The second kappa shape index (κ2) is 6.13. The topological polar surface area (TPSA) is 72.2 Å². The fourth-order valence-corrected chi connectivity index (χ4v) is 3.33. The summed E-state index contributed by atoms with van der Waals surface area (Å²) in [5.74, 6) is 0. The summed E-state index contributed by atoms with van der Waals surface area (Å²) in [6.07, 6.45) is 0. The molecule has 0 aromatic heterocycles. The van der Waals surface area contributed by atoms with Gasteiger partial charge >= 0.3 is 0 Å². The van der Waals surface area contributed by atoms with E-state index in [1.54, 1.807) is 18.2 Å². The first-order chi connectivity index (χ1) is 9.79. The predicted octanol–water partition coefficient (Wildman–Crippen LogP) is 3.19. The molecule has 2 aromatic rings. The van der Waals surface area contributed by atoms with Gasteiger partial charge in [0.05, 0.1) is 10.6 Å². The monoisotopic (exact) mass is 384 g/mol. The Labute approximate surface area is 137 Å². The van der Waals surface area contributed by atoms with Crippen molar-refractivity contribution < 1.29 is 8.42 Å². The molecule has 0 amide bonds. The van der Waals surface area contributed by atoms with Crippen LogP contribution in [0.1, 0.15) is 11.1 Å². The molecule has 0 heterocycles. The Balaban J connectivity index is 2.34. The molecule has 0 fully saturated rings. The van der Waals surface area contributed by atoms with Gasteiger partial charge in [0.1, 0.15) is 4.99 Å². The summed E-state index contributed by atoms with van der Waals surface area (Å²) in [6, 6.07) is 11.5. The molecule has 2 aromatic carbocycles. The molecule has 0 unspecified atom stereocenters. The quantitative estimate of drug-likeness (QED) is 0.793. The first-order valence-electron chi connectivity index (χ1n) is 5.98. The van der Waals surface area contributed by atoms with Gasteiger partial charge in [0, 0.05) is 10.0 Å². The van der Waals surface area contributed by atoms with Gasteiger partial charge in [-0.15, -0.1) is 0 Å². The van der Waals surface area contributed by atoms with Gasteiger partial charge < -0.3 is 5.73 Å². The molecule has 110 valence electrons. The number of anilines is 1. The Hall–Kier alpha value is -1.44. The Morgan fingerprint density at radius 2 is 1.81 bits per heavy atom. The van der Waals surface area contributed by atoms with Crippen LogP contribution >= 0.6 is 28.1 Å². The molecular formula is C14H13BrN2O2S2. The van der Waals surface area contributed by atoms with Gasteiger partial charge in [-0.25, -0.2) is 8.42 Å². The zero-order valence-electron chi connectivity index (χ0n) is 11.1. The molecular weight excluding hydrogens is 372 g/mol. The van der Waals surface area contributed by atoms with Crippen LogP contribution in [-0.4, -0.2) is 13.4 Å². The van der Waals surface area contributed by atoms with E-state index in [-0.39, 0.29) is 9.88 Å². The van der Waals surface area contributed by atoms with E-state index in [1.165, 1.54) is 12.1 Å². The van der Waals surface area contributed by atoms with Crippen LogP contribution in [0.15, 0.2) is 51.8 Å². The van der Waals surface area contributed by atoms with E-state index in [9.17, 15) is 8.42 Å². The lowest BCUT2D eigenvalue weighted by Gasteiger charge is -2.11. The Morgan fingerprint density at radius 3 is 2.38 bits per heavy atom. The summed E-state index contributed by atoms with van der Waals surface area (Å²) in [4.78, 5) is 0.386. The maximum absolute atomic E-state index is 12.4. The maximum atomic E-state index is 12.4. The van der Waals surface area contributed by atoms with Crippen molar-refractivity contribution in [2.75, 3.05) is 4.72 Å². The standard InChI is InChI=1S/C14H13BrN2O2S2/c1-9-2-5-11(15)8-13(9)17-21(18,19)12-6-3-10(4-7-12)14(16)20/h2-8,17H,1H3,(H2,16,20). The summed E-state index contributed by atoms with van der Waals surface area (Å²) in [5.41, 5.74) is 7.49. The van der Waals surface area contributed by atoms with Crippen LogP contribution in [0.25, 0.3) is 0 Å². The van der Waals surface area contributed by atoms with E-state index in [1.807, 2.05) is 19.1 Å². The minimum atomic E-state index is -3.65. The Bertz CT molecular complexity index is 787. The van der Waals surface area contributed by atoms with E-state index < -0.39 is 10.0 Å². The van der Waals surface area contributed by atoms with Crippen molar-refractivity contribution in [2.24, 2.45) is 5.73 Å². The average molecular weight is 385 g/mol. The van der Waals surface area contributed by atoms with Crippen molar-refractivity contribution >= 4 is 48.8 Å². The number of aryl methyl sites for hydroxylation is 1. The van der Waals surface area contributed by atoms with Crippen molar-refractivity contribution in [3.8, 4) is 0 Å². The molecule has 0 spiro atoms. The number of halogens is 1. The van der Waals surface area contributed by atoms with Crippen LogP contribution < -0.4 is 10.5 Å². The lowest BCUT2D eigenvalue weighted by Crippen LogP contribution is -2.14. The zero-order valence-corrected chi connectivity index (χ0v) is 14.3. The highest BCUT2D eigenvalue weighted by Crippen LogP contribution is 2.23. The van der Waals surface area contributed by atoms with E-state index in [4.69, 9.17) is 18.0 Å². The largest absolute Gasteiger partial charge is 0.389 e. The molecule has 7 heteroatoms. The van der Waals surface area contributed by atoms with Gasteiger partial charge in [0.15, 0.2) is 0 Å². The highest BCUT2D eigenvalue weighted by atomic mass is 79.9. The van der Waals surface area contributed by atoms with Gasteiger partial charge in [-0.1, -0.05) is 46.3 Å². The van der Waals surface area contributed by atoms with E-state index >= 15 is 0 Å². The fraction of sp³-hybridized carbons (Fsp3) is 0.0714. The third-order valence-corrected chi connectivity index (χ3v) is 5.00. The molecule has 2 rings (SSSR count). The van der Waals surface area contributed by atoms with Gasteiger partial charge in [-0.2, -0.15) is 0 Å². The van der Waals surface area contributed by atoms with Crippen LogP contribution in [0, 0.1) is 6.92 Å². The number of nitrogens with one attached hydrogen (secondary N) is 1. The van der Waals surface area contributed by atoms with Crippen LogP contribution in [-0.2, 0) is 10.0 Å². The highest BCUT2D eigenvalue weighted by Gasteiger charge is 2.15. The minimum Gasteiger partial charge on any atom is -0.389 e. The normalized spacial score (nSPS) is 11.1. The van der Waals surface area contributed by atoms with Gasteiger partial charge in [0.2, 0.25) is 0 Å². The molecule has 4 nitrogen and oxygen atoms in total. The maximum Gasteiger partial charge on any atom is 0.261 e. The number of hydrogen-bond donors (Lipinski definition) is 2. The third-order valence-electron chi connectivity index (χ3n) is 2.89. The molecule has 0 bridgehead atoms. The molecule has 3 N–H and O–H groups in total. The van der Waals surface area contributed by atoms with Crippen molar-refractivity contribution in [3.05, 3.63) is 58.1 Å². The Kier molecular flexibility index (Phi) is 4.65. The molecule has 0 aliphatic rings. The summed E-state index contributed by atoms with van der Waals surface area (Å²) in [6.45, 7) is 1.83. The van der Waals surface area contributed by atoms with Crippen molar-refractivity contribution in [1.82, 2.24) is 0 Å². The second-order valence-corrected chi connectivity index (χ2v) is 7.49. The van der Waals surface area contributed by atoms with Crippen molar-refractivity contribution in [3.63, 3.8) is 0 Å². The lowest BCUT2D eigenvalue weighted by molar-refractivity contribution is 0.601. The van der Waals surface area contributed by atoms with Crippen molar-refractivity contribution in [1.29, 1.82) is 0 Å². The first kappa shape index (κ1) is 15.9. The van der Waals surface area contributed by atoms with E-state index in [2.05, 4.69) is 20.7 Å². The van der Waals surface area contributed by atoms with E-state index in [0.29, 0.717) is 11.3 Å². The minimum absolute atomic E-state index is 0.155.